The number of hydrogen-bond acceptors (Lipinski definition) is 8. The van der Waals surface area contributed by atoms with E-state index in [0.29, 0.717) is 44.6 Å². The third-order valence-electron chi connectivity index (χ3n) is 8.56. The Hall–Kier alpha value is -2.85. The lowest BCUT2D eigenvalue weighted by molar-refractivity contribution is -0.0158. The smallest absolute Gasteiger partial charge is 0.317 e. The van der Waals surface area contributed by atoms with Crippen LogP contribution in [0.2, 0.25) is 0 Å². The molecule has 41 heavy (non-hydrogen) atoms. The van der Waals surface area contributed by atoms with Crippen LogP contribution in [0.4, 0.5) is 10.6 Å². The maximum absolute atomic E-state index is 13.0. The maximum atomic E-state index is 13.0. The first-order valence-corrected chi connectivity index (χ1v) is 15.6. The molecule has 1 aliphatic carbocycles. The Morgan fingerprint density at radius 2 is 1.73 bits per heavy atom. The van der Waals surface area contributed by atoms with Gasteiger partial charge in [0.15, 0.2) is 11.5 Å². The fourth-order valence-corrected chi connectivity index (χ4v) is 6.34. The second-order valence-corrected chi connectivity index (χ2v) is 11.9. The molecule has 1 aromatic carbocycles. The summed E-state index contributed by atoms with van der Waals surface area (Å²) in [5.41, 5.74) is 0.832. The molecule has 2 aromatic rings. The fraction of sp³-hybridized carbons (Fsp3) is 0.710. The van der Waals surface area contributed by atoms with Crippen LogP contribution in [0.3, 0.4) is 0 Å². The first kappa shape index (κ1) is 29.6. The van der Waals surface area contributed by atoms with E-state index in [1.54, 1.807) is 13.4 Å². The monoisotopic (exact) mass is 568 g/mol. The normalized spacial score (nSPS) is 22.2. The van der Waals surface area contributed by atoms with Crippen molar-refractivity contribution < 1.29 is 19.0 Å². The van der Waals surface area contributed by atoms with E-state index in [-0.39, 0.29) is 18.2 Å². The molecule has 10 heteroatoms. The number of amides is 2. The lowest BCUT2D eigenvalue weighted by Crippen LogP contribution is -2.54. The van der Waals surface area contributed by atoms with E-state index in [1.165, 1.54) is 32.4 Å². The lowest BCUT2D eigenvalue weighted by atomic mass is 9.93. The predicted octanol–water partition coefficient (Wildman–Crippen LogP) is 4.46. The number of aromatic nitrogens is 2. The Morgan fingerprint density at radius 3 is 2.44 bits per heavy atom. The zero-order valence-electron chi connectivity index (χ0n) is 25.1. The number of rotatable bonds is 10. The molecule has 226 valence electrons. The molecule has 0 unspecified atom stereocenters. The van der Waals surface area contributed by atoms with E-state index >= 15 is 0 Å². The number of nitrogens with zero attached hydrogens (tertiary/aromatic N) is 5. The third-order valence-corrected chi connectivity index (χ3v) is 8.56. The largest absolute Gasteiger partial charge is 0.493 e. The van der Waals surface area contributed by atoms with Gasteiger partial charge in [-0.05, 0) is 77.9 Å². The zero-order valence-corrected chi connectivity index (χ0v) is 25.1. The molecule has 3 aliphatic rings. The van der Waals surface area contributed by atoms with Gasteiger partial charge in [0, 0.05) is 50.2 Å². The zero-order chi connectivity index (χ0) is 28.6. The highest BCUT2D eigenvalue weighted by Gasteiger charge is 2.28. The summed E-state index contributed by atoms with van der Waals surface area (Å²) >= 11 is 0. The topological polar surface area (TPSA) is 92.3 Å². The Kier molecular flexibility index (Phi) is 10.4. The minimum atomic E-state index is 0.0363. The first-order chi connectivity index (χ1) is 20.0. The van der Waals surface area contributed by atoms with Crippen molar-refractivity contribution in [3.8, 4) is 11.5 Å². The number of ether oxygens (including phenoxy) is 3. The van der Waals surface area contributed by atoms with Crippen molar-refractivity contribution in [3.05, 3.63) is 18.5 Å². The van der Waals surface area contributed by atoms with Crippen molar-refractivity contribution in [1.29, 1.82) is 0 Å². The van der Waals surface area contributed by atoms with Gasteiger partial charge in [-0.2, -0.15) is 0 Å². The highest BCUT2D eigenvalue weighted by Crippen LogP contribution is 2.35. The number of hydrogen-bond donors (Lipinski definition) is 1. The molecule has 5 rings (SSSR count). The second kappa shape index (κ2) is 14.4. The second-order valence-electron chi connectivity index (χ2n) is 11.9. The van der Waals surface area contributed by atoms with Gasteiger partial charge < -0.3 is 34.2 Å². The van der Waals surface area contributed by atoms with E-state index in [0.717, 1.165) is 61.1 Å². The number of fused-ring (bicyclic) bond motifs is 1. The van der Waals surface area contributed by atoms with Crippen molar-refractivity contribution in [1.82, 2.24) is 25.1 Å². The van der Waals surface area contributed by atoms with E-state index in [9.17, 15) is 4.79 Å². The van der Waals surface area contributed by atoms with Gasteiger partial charge in [-0.1, -0.05) is 6.42 Å². The van der Waals surface area contributed by atoms with Crippen molar-refractivity contribution >= 4 is 22.8 Å². The molecular weight excluding hydrogens is 520 g/mol. The number of carbonyl (C=O) groups is 1. The number of methoxy groups -OCH3 is 1. The Labute approximate surface area is 244 Å². The van der Waals surface area contributed by atoms with Crippen LogP contribution in [0.25, 0.3) is 10.9 Å². The molecule has 3 fully saturated rings. The molecule has 0 radical (unpaired) electrons. The summed E-state index contributed by atoms with van der Waals surface area (Å²) < 4.78 is 17.8. The number of nitrogens with one attached hydrogen (secondary N) is 1. The van der Waals surface area contributed by atoms with E-state index in [1.807, 2.05) is 17.0 Å². The maximum Gasteiger partial charge on any atom is 0.317 e. The van der Waals surface area contributed by atoms with Gasteiger partial charge >= 0.3 is 6.03 Å². The van der Waals surface area contributed by atoms with E-state index in [4.69, 9.17) is 14.2 Å². The summed E-state index contributed by atoms with van der Waals surface area (Å²) in [5, 5.41) is 4.20. The van der Waals surface area contributed by atoms with Crippen LogP contribution < -0.4 is 19.7 Å². The van der Waals surface area contributed by atoms with Gasteiger partial charge in [0.25, 0.3) is 0 Å². The van der Waals surface area contributed by atoms with Crippen LogP contribution in [0, 0.1) is 0 Å². The van der Waals surface area contributed by atoms with Gasteiger partial charge in [-0.3, -0.25) is 0 Å². The number of benzene rings is 1. The van der Waals surface area contributed by atoms with Crippen LogP contribution in [0.1, 0.15) is 65.2 Å². The van der Waals surface area contributed by atoms with E-state index < -0.39 is 0 Å². The summed E-state index contributed by atoms with van der Waals surface area (Å²) in [7, 11) is 1.67. The summed E-state index contributed by atoms with van der Waals surface area (Å²) in [6, 6.07) is 4.22. The van der Waals surface area contributed by atoms with Crippen molar-refractivity contribution in [2.24, 2.45) is 0 Å². The molecule has 0 bridgehead atoms. The predicted molar refractivity (Wildman–Crippen MR) is 161 cm³/mol. The Bertz CT molecular complexity index is 1130. The van der Waals surface area contributed by atoms with Gasteiger partial charge in [0.2, 0.25) is 0 Å². The fourth-order valence-electron chi connectivity index (χ4n) is 6.34. The van der Waals surface area contributed by atoms with Crippen molar-refractivity contribution in [3.63, 3.8) is 0 Å². The molecule has 2 saturated heterocycles. The van der Waals surface area contributed by atoms with Crippen molar-refractivity contribution in [2.75, 3.05) is 64.4 Å². The van der Waals surface area contributed by atoms with Crippen LogP contribution in [-0.4, -0.2) is 104 Å². The summed E-state index contributed by atoms with van der Waals surface area (Å²) in [6.45, 7) is 11.0. The number of carbonyl (C=O) groups excluding carboxylic acids is 1. The van der Waals surface area contributed by atoms with Gasteiger partial charge in [-0.15, -0.1) is 0 Å². The molecule has 1 N–H and O–H groups in total. The molecule has 2 amide bonds. The lowest BCUT2D eigenvalue weighted by Gasteiger charge is -2.37. The van der Waals surface area contributed by atoms with Gasteiger partial charge in [0.05, 0.1) is 31.4 Å². The van der Waals surface area contributed by atoms with Gasteiger partial charge in [0.1, 0.15) is 12.1 Å². The highest BCUT2D eigenvalue weighted by molar-refractivity contribution is 5.92. The number of urea groups is 1. The molecule has 0 atom stereocenters. The summed E-state index contributed by atoms with van der Waals surface area (Å²) in [5.74, 6) is 2.28. The number of piperidine rings is 1. The number of likely N-dealkylation sites (tertiary alicyclic amines) is 1. The number of anilines is 1. The summed E-state index contributed by atoms with van der Waals surface area (Å²) in [4.78, 5) is 28.9. The third kappa shape index (κ3) is 7.92. The Balaban J connectivity index is 1.14. The molecule has 2 aliphatic heterocycles. The SMILES string of the molecule is COc1cc2c(N3CCN(C(=O)NC4CCC(OC(C)C)CC4)CC3)ncnc2cc1OCCCN1CCCCC1. The highest BCUT2D eigenvalue weighted by atomic mass is 16.5. The van der Waals surface area contributed by atoms with E-state index in [2.05, 4.69) is 38.9 Å². The van der Waals surface area contributed by atoms with Crippen LogP contribution in [0.15, 0.2) is 18.5 Å². The molecule has 1 saturated carbocycles. The standard InChI is InChI=1S/C31H48N6O4/c1-23(2)41-25-10-8-24(9-11-25)34-31(38)37-17-15-36(16-18-37)30-26-20-28(39-3)29(21-27(26)32-22-33-30)40-19-7-14-35-12-5-4-6-13-35/h20-25H,4-19H2,1-3H3,(H,34,38). The van der Waals surface area contributed by atoms with Crippen LogP contribution in [-0.2, 0) is 4.74 Å². The van der Waals surface area contributed by atoms with Gasteiger partial charge in [-0.25, -0.2) is 14.8 Å². The average molecular weight is 569 g/mol. The quantitative estimate of drug-likeness (QED) is 0.420. The van der Waals surface area contributed by atoms with Crippen LogP contribution in [0.5, 0.6) is 11.5 Å². The molecular formula is C31H48N6O4. The molecule has 3 heterocycles. The summed E-state index contributed by atoms with van der Waals surface area (Å²) in [6.07, 6.45) is 11.1. The first-order valence-electron chi connectivity index (χ1n) is 15.6. The minimum Gasteiger partial charge on any atom is -0.493 e. The average Bonchev–Trinajstić information content (AvgIpc) is 3.00. The van der Waals surface area contributed by atoms with Crippen LogP contribution >= 0.6 is 0 Å². The molecule has 10 nitrogen and oxygen atoms in total. The molecule has 1 aromatic heterocycles. The Morgan fingerprint density at radius 1 is 0.976 bits per heavy atom. The number of piperazine rings is 1. The molecule has 0 spiro atoms. The minimum absolute atomic E-state index is 0.0363. The van der Waals surface area contributed by atoms with Crippen molar-refractivity contribution in [2.45, 2.75) is 83.5 Å².